The van der Waals surface area contributed by atoms with Gasteiger partial charge in [0.25, 0.3) is 0 Å². The van der Waals surface area contributed by atoms with Gasteiger partial charge in [0.05, 0.1) is 17.2 Å². The summed E-state index contributed by atoms with van der Waals surface area (Å²) < 4.78 is 61.1. The number of cyclic esters (lactones) is 1. The van der Waals surface area contributed by atoms with Gasteiger partial charge in [-0.05, 0) is 96.7 Å². The summed E-state index contributed by atoms with van der Waals surface area (Å²) in [6.45, 7) is 7.92. The Bertz CT molecular complexity index is 1620. The van der Waals surface area contributed by atoms with E-state index in [4.69, 9.17) is 4.74 Å². The van der Waals surface area contributed by atoms with E-state index < -0.39 is 41.8 Å². The molecular formula is C34H33F4NO4. The first-order chi connectivity index (χ1) is 20.1. The quantitative estimate of drug-likeness (QED) is 0.289. The number of hydrogen-bond donors (Lipinski definition) is 1. The van der Waals surface area contributed by atoms with Gasteiger partial charge in [0.2, 0.25) is 0 Å². The molecule has 43 heavy (non-hydrogen) atoms. The number of ether oxygens (including phenoxy) is 1. The fourth-order valence-corrected chi connectivity index (χ4v) is 6.18. The van der Waals surface area contributed by atoms with Crippen molar-refractivity contribution in [2.75, 3.05) is 6.54 Å². The first-order valence-electron chi connectivity index (χ1n) is 14.1. The van der Waals surface area contributed by atoms with Gasteiger partial charge < -0.3 is 9.84 Å². The van der Waals surface area contributed by atoms with Gasteiger partial charge in [-0.15, -0.1) is 0 Å². The minimum atomic E-state index is -4.52. The second-order valence-electron chi connectivity index (χ2n) is 12.3. The normalized spacial score (nSPS) is 20.4. The third-order valence-corrected chi connectivity index (χ3v) is 8.42. The van der Waals surface area contributed by atoms with E-state index in [0.29, 0.717) is 23.1 Å². The van der Waals surface area contributed by atoms with Crippen molar-refractivity contribution in [2.45, 2.75) is 65.3 Å². The predicted octanol–water partition coefficient (Wildman–Crippen LogP) is 9.06. The summed E-state index contributed by atoms with van der Waals surface area (Å²) in [6.07, 6.45) is -3.65. The third kappa shape index (κ3) is 6.31. The number of carbonyl (C=O) groups is 2. The lowest BCUT2D eigenvalue weighted by Gasteiger charge is -2.35. The van der Waals surface area contributed by atoms with Crippen molar-refractivity contribution in [3.63, 3.8) is 0 Å². The number of rotatable bonds is 6. The molecule has 2 aliphatic rings. The molecule has 2 atom stereocenters. The van der Waals surface area contributed by atoms with E-state index in [1.54, 1.807) is 30.9 Å². The van der Waals surface area contributed by atoms with Crippen LogP contribution in [0, 0.1) is 18.2 Å². The number of carboxylic acids is 1. The number of benzene rings is 3. The van der Waals surface area contributed by atoms with Crippen LogP contribution in [0.25, 0.3) is 16.7 Å². The maximum absolute atomic E-state index is 14.9. The van der Waals surface area contributed by atoms with Crippen LogP contribution in [-0.2, 0) is 10.9 Å². The van der Waals surface area contributed by atoms with Crippen LogP contribution in [0.15, 0.2) is 66.2 Å². The van der Waals surface area contributed by atoms with Crippen molar-refractivity contribution in [1.82, 2.24) is 4.90 Å². The minimum absolute atomic E-state index is 0.0420. The molecule has 0 spiro atoms. The van der Waals surface area contributed by atoms with Crippen molar-refractivity contribution in [1.29, 1.82) is 0 Å². The van der Waals surface area contributed by atoms with Crippen molar-refractivity contribution in [3.05, 3.63) is 99.9 Å². The maximum atomic E-state index is 14.9. The van der Waals surface area contributed by atoms with Crippen LogP contribution >= 0.6 is 0 Å². The van der Waals surface area contributed by atoms with Gasteiger partial charge in [0.1, 0.15) is 11.9 Å². The SMILES string of the molecule is Cc1cc([C@H]2OC(=O)N(CC3=C(c4cccc(-c5ccc(C(=O)O)cc5F)c4)CCC(C)(C)C3)[C@H]2C)cc(C(F)(F)F)c1. The average molecular weight is 596 g/mol. The van der Waals surface area contributed by atoms with Gasteiger partial charge in [-0.2, -0.15) is 13.2 Å². The molecule has 5 rings (SSSR count). The van der Waals surface area contributed by atoms with E-state index in [1.165, 1.54) is 12.1 Å². The number of amides is 1. The van der Waals surface area contributed by atoms with E-state index >= 15 is 0 Å². The number of carboxylic acid groups (broad SMARTS) is 1. The van der Waals surface area contributed by atoms with Crippen LogP contribution in [0.2, 0.25) is 0 Å². The van der Waals surface area contributed by atoms with Crippen LogP contribution in [-0.4, -0.2) is 34.7 Å². The van der Waals surface area contributed by atoms with Gasteiger partial charge in [0.15, 0.2) is 0 Å². The number of alkyl halides is 3. The zero-order valence-electron chi connectivity index (χ0n) is 24.4. The highest BCUT2D eigenvalue weighted by molar-refractivity contribution is 5.88. The Balaban J connectivity index is 1.48. The smallest absolute Gasteiger partial charge is 0.416 e. The predicted molar refractivity (Wildman–Crippen MR) is 155 cm³/mol. The molecule has 0 bridgehead atoms. The van der Waals surface area contributed by atoms with Crippen molar-refractivity contribution in [3.8, 4) is 11.1 Å². The van der Waals surface area contributed by atoms with E-state index in [1.807, 2.05) is 18.2 Å². The largest absolute Gasteiger partial charge is 0.478 e. The highest BCUT2D eigenvalue weighted by atomic mass is 19.4. The van der Waals surface area contributed by atoms with Crippen molar-refractivity contribution >= 4 is 17.6 Å². The molecule has 1 fully saturated rings. The Morgan fingerprint density at radius 3 is 2.47 bits per heavy atom. The monoisotopic (exact) mass is 595 g/mol. The molecule has 1 amide bonds. The molecule has 1 aliphatic carbocycles. The van der Waals surface area contributed by atoms with Crippen LogP contribution in [0.5, 0.6) is 0 Å². The van der Waals surface area contributed by atoms with Crippen LogP contribution in [0.4, 0.5) is 22.4 Å². The number of nitrogens with zero attached hydrogens (tertiary/aromatic N) is 1. The lowest BCUT2D eigenvalue weighted by Crippen LogP contribution is -2.35. The molecule has 1 saturated heterocycles. The summed E-state index contributed by atoms with van der Waals surface area (Å²) in [7, 11) is 0. The molecule has 0 unspecified atom stereocenters. The van der Waals surface area contributed by atoms with E-state index in [0.717, 1.165) is 47.8 Å². The van der Waals surface area contributed by atoms with Gasteiger partial charge in [-0.1, -0.05) is 49.7 Å². The summed E-state index contributed by atoms with van der Waals surface area (Å²) in [5.41, 5.74) is 3.56. The number of hydrogen-bond acceptors (Lipinski definition) is 3. The first-order valence-corrected chi connectivity index (χ1v) is 14.1. The summed E-state index contributed by atoms with van der Waals surface area (Å²) in [5, 5.41) is 9.19. The summed E-state index contributed by atoms with van der Waals surface area (Å²) in [5.74, 6) is -1.85. The van der Waals surface area contributed by atoms with Crippen LogP contribution in [0.1, 0.15) is 78.7 Å². The summed E-state index contributed by atoms with van der Waals surface area (Å²) in [6, 6.07) is 14.4. The number of aryl methyl sites for hydroxylation is 1. The zero-order valence-corrected chi connectivity index (χ0v) is 24.4. The van der Waals surface area contributed by atoms with Crippen molar-refractivity contribution < 1.29 is 37.0 Å². The number of allylic oxidation sites excluding steroid dienone is 1. The Hall–Kier alpha value is -4.14. The zero-order chi connectivity index (χ0) is 31.3. The Morgan fingerprint density at radius 1 is 1.07 bits per heavy atom. The maximum Gasteiger partial charge on any atom is 0.416 e. The van der Waals surface area contributed by atoms with E-state index in [-0.39, 0.29) is 23.1 Å². The topological polar surface area (TPSA) is 66.8 Å². The minimum Gasteiger partial charge on any atom is -0.478 e. The highest BCUT2D eigenvalue weighted by Gasteiger charge is 2.42. The van der Waals surface area contributed by atoms with Gasteiger partial charge >= 0.3 is 18.2 Å². The first kappa shape index (κ1) is 30.3. The molecule has 0 saturated carbocycles. The second-order valence-corrected chi connectivity index (χ2v) is 12.3. The molecule has 1 heterocycles. The number of aromatic carboxylic acids is 1. The molecule has 1 N–H and O–H groups in total. The lowest BCUT2D eigenvalue weighted by atomic mass is 9.72. The molecule has 0 radical (unpaired) electrons. The highest BCUT2D eigenvalue weighted by Crippen LogP contribution is 2.45. The number of halogens is 4. The Morgan fingerprint density at radius 2 is 1.79 bits per heavy atom. The van der Waals surface area contributed by atoms with Gasteiger partial charge in [0, 0.05) is 12.1 Å². The fourth-order valence-electron chi connectivity index (χ4n) is 6.18. The van der Waals surface area contributed by atoms with Crippen molar-refractivity contribution in [2.24, 2.45) is 5.41 Å². The van der Waals surface area contributed by atoms with E-state index in [2.05, 4.69) is 13.8 Å². The molecule has 0 aromatic heterocycles. The molecule has 5 nitrogen and oxygen atoms in total. The number of carbonyl (C=O) groups excluding carboxylic acids is 1. The Kier molecular flexibility index (Phi) is 7.88. The van der Waals surface area contributed by atoms with Crippen LogP contribution < -0.4 is 0 Å². The van der Waals surface area contributed by atoms with Gasteiger partial charge in [-0.3, -0.25) is 4.90 Å². The summed E-state index contributed by atoms with van der Waals surface area (Å²) >= 11 is 0. The van der Waals surface area contributed by atoms with E-state index in [9.17, 15) is 32.3 Å². The standard InChI is InChI=1S/C34H33F4NO4/c1-19-12-24(15-26(13-19)34(36,37)38)30-20(2)39(32(42)43-30)18-25-17-33(3,4)11-10-27(25)21-6-5-7-22(14-21)28-9-8-23(31(40)41)16-29(28)35/h5-9,12-16,20,30H,10-11,17-18H2,1-4H3,(H,40,41)/t20-,30-/m0/s1. The lowest BCUT2D eigenvalue weighted by molar-refractivity contribution is -0.137. The summed E-state index contributed by atoms with van der Waals surface area (Å²) in [4.78, 5) is 26.0. The molecule has 3 aromatic carbocycles. The molecule has 1 aliphatic heterocycles. The average Bonchev–Trinajstić information content (AvgIpc) is 3.20. The second kappa shape index (κ2) is 11.2. The van der Waals surface area contributed by atoms with Crippen LogP contribution in [0.3, 0.4) is 0 Å². The fraction of sp³-hybridized carbons (Fsp3) is 0.353. The van der Waals surface area contributed by atoms with Gasteiger partial charge in [-0.25, -0.2) is 14.0 Å². The third-order valence-electron chi connectivity index (χ3n) is 8.42. The molecule has 9 heteroatoms. The Labute approximate surface area is 247 Å². The molecule has 226 valence electrons. The molecular weight excluding hydrogens is 562 g/mol. The molecule has 3 aromatic rings.